The molecule has 0 unspecified atom stereocenters. The average molecular weight is 189 g/mol. The maximum atomic E-state index is 4.00. The molecule has 1 nitrogen and oxygen atoms in total. The van der Waals surface area contributed by atoms with E-state index in [9.17, 15) is 0 Å². The Labute approximate surface area is 87.8 Å². The van der Waals surface area contributed by atoms with Gasteiger partial charge in [-0.3, -0.25) is 0 Å². The van der Waals surface area contributed by atoms with Crippen LogP contribution in [0.3, 0.4) is 0 Å². The van der Waals surface area contributed by atoms with Crippen LogP contribution in [-0.4, -0.2) is 11.4 Å². The summed E-state index contributed by atoms with van der Waals surface area (Å²) < 4.78 is 0. The minimum absolute atomic E-state index is 0.647. The lowest BCUT2D eigenvalue weighted by Gasteiger charge is -2.19. The van der Waals surface area contributed by atoms with Crippen LogP contribution >= 0.6 is 0 Å². The molecule has 1 aliphatic rings. The van der Waals surface area contributed by atoms with Gasteiger partial charge in [0.1, 0.15) is 0 Å². The fourth-order valence-electron chi connectivity index (χ4n) is 1.25. The minimum atomic E-state index is 0.647. The predicted octanol–water partition coefficient (Wildman–Crippen LogP) is 3.18. The molecule has 1 rings (SSSR count). The smallest absolute Gasteiger partial charge is 0.0406 e. The Hall–Kier alpha value is -1.42. The third-order valence-corrected chi connectivity index (χ3v) is 2.00. The molecule has 0 fully saturated rings. The van der Waals surface area contributed by atoms with Gasteiger partial charge >= 0.3 is 0 Å². The van der Waals surface area contributed by atoms with Crippen LogP contribution in [0.1, 0.15) is 20.8 Å². The van der Waals surface area contributed by atoms with E-state index in [0.29, 0.717) is 5.92 Å². The Morgan fingerprint density at radius 3 is 2.43 bits per heavy atom. The topological polar surface area (TPSA) is 3.24 Å². The second-order valence-corrected chi connectivity index (χ2v) is 3.35. The SMILES string of the molecule is C#C.C/C=C\N1C=CC(C(C)C)=CC1. The Bertz CT molecular complexity index is 254. The standard InChI is InChI=1S/C11H17N.C2H2/c1-4-7-12-8-5-11(6-9-12)10(2)3;1-2/h4-8,10H,9H2,1-3H3;1-2H/b7-4-;. The zero-order valence-electron chi connectivity index (χ0n) is 9.27. The highest BCUT2D eigenvalue weighted by atomic mass is 15.1. The molecule has 0 N–H and O–H groups in total. The Kier molecular flexibility index (Phi) is 6.32. The predicted molar refractivity (Wildman–Crippen MR) is 63.5 cm³/mol. The van der Waals surface area contributed by atoms with Gasteiger partial charge in [0.05, 0.1) is 0 Å². The van der Waals surface area contributed by atoms with Crippen molar-refractivity contribution in [2.75, 3.05) is 6.54 Å². The first-order chi connectivity index (χ1) is 6.74. The Morgan fingerprint density at radius 1 is 1.43 bits per heavy atom. The third-order valence-electron chi connectivity index (χ3n) is 2.00. The molecule has 1 heterocycles. The van der Waals surface area contributed by atoms with Gasteiger partial charge in [0.25, 0.3) is 0 Å². The first-order valence-corrected chi connectivity index (χ1v) is 4.84. The fraction of sp³-hybridized carbons (Fsp3) is 0.385. The van der Waals surface area contributed by atoms with E-state index in [1.807, 2.05) is 6.92 Å². The zero-order valence-corrected chi connectivity index (χ0v) is 9.27. The van der Waals surface area contributed by atoms with Crippen LogP contribution in [0.2, 0.25) is 0 Å². The molecule has 0 aliphatic carbocycles. The lowest BCUT2D eigenvalue weighted by molar-refractivity contribution is 0.549. The van der Waals surface area contributed by atoms with E-state index >= 15 is 0 Å². The monoisotopic (exact) mass is 189 g/mol. The largest absolute Gasteiger partial charge is 0.351 e. The maximum Gasteiger partial charge on any atom is 0.0406 e. The van der Waals surface area contributed by atoms with Gasteiger partial charge in [-0.15, -0.1) is 12.8 Å². The van der Waals surface area contributed by atoms with Crippen molar-refractivity contribution in [3.63, 3.8) is 0 Å². The van der Waals surface area contributed by atoms with E-state index in [2.05, 4.69) is 62.2 Å². The first kappa shape index (κ1) is 12.6. The van der Waals surface area contributed by atoms with Crippen molar-refractivity contribution in [2.24, 2.45) is 5.92 Å². The van der Waals surface area contributed by atoms with E-state index in [1.165, 1.54) is 5.57 Å². The van der Waals surface area contributed by atoms with Crippen molar-refractivity contribution in [1.82, 2.24) is 4.90 Å². The van der Waals surface area contributed by atoms with Crippen molar-refractivity contribution in [3.8, 4) is 12.8 Å². The highest BCUT2D eigenvalue weighted by molar-refractivity contribution is 5.25. The van der Waals surface area contributed by atoms with Crippen LogP contribution < -0.4 is 0 Å². The molecule has 1 aliphatic heterocycles. The highest BCUT2D eigenvalue weighted by Gasteiger charge is 2.04. The lowest BCUT2D eigenvalue weighted by Crippen LogP contribution is -2.14. The summed E-state index contributed by atoms with van der Waals surface area (Å²) in [5.41, 5.74) is 1.44. The van der Waals surface area contributed by atoms with E-state index < -0.39 is 0 Å². The van der Waals surface area contributed by atoms with Crippen LogP contribution in [0.5, 0.6) is 0 Å². The van der Waals surface area contributed by atoms with Crippen LogP contribution in [0, 0.1) is 18.8 Å². The van der Waals surface area contributed by atoms with Gasteiger partial charge in [0.2, 0.25) is 0 Å². The lowest BCUT2D eigenvalue weighted by atomic mass is 10.0. The molecule has 0 radical (unpaired) electrons. The molecule has 0 aromatic heterocycles. The number of nitrogens with zero attached hydrogens (tertiary/aromatic N) is 1. The summed E-state index contributed by atoms with van der Waals surface area (Å²) in [7, 11) is 0. The Morgan fingerprint density at radius 2 is 2.07 bits per heavy atom. The van der Waals surface area contributed by atoms with Gasteiger partial charge in [0.15, 0.2) is 0 Å². The van der Waals surface area contributed by atoms with Gasteiger partial charge in [-0.1, -0.05) is 26.0 Å². The molecule has 0 aromatic rings. The highest BCUT2D eigenvalue weighted by Crippen LogP contribution is 2.15. The second kappa shape index (κ2) is 7.03. The van der Waals surface area contributed by atoms with Gasteiger partial charge < -0.3 is 4.90 Å². The van der Waals surface area contributed by atoms with Crippen LogP contribution in [0.15, 0.2) is 36.2 Å². The number of terminal acetylenes is 1. The van der Waals surface area contributed by atoms with E-state index in [-0.39, 0.29) is 0 Å². The van der Waals surface area contributed by atoms with Crippen molar-refractivity contribution in [1.29, 1.82) is 0 Å². The number of allylic oxidation sites excluding steroid dienone is 3. The first-order valence-electron chi connectivity index (χ1n) is 4.84. The molecule has 0 saturated carbocycles. The summed E-state index contributed by atoms with van der Waals surface area (Å²) >= 11 is 0. The summed E-state index contributed by atoms with van der Waals surface area (Å²) in [4.78, 5) is 2.17. The molecule has 0 spiro atoms. The number of hydrogen-bond acceptors (Lipinski definition) is 1. The van der Waals surface area contributed by atoms with E-state index in [4.69, 9.17) is 0 Å². The van der Waals surface area contributed by atoms with Gasteiger partial charge in [-0.25, -0.2) is 0 Å². The maximum absolute atomic E-state index is 4.00. The summed E-state index contributed by atoms with van der Waals surface area (Å²) in [6.45, 7) is 7.49. The summed E-state index contributed by atoms with van der Waals surface area (Å²) in [6.07, 6.45) is 18.7. The second-order valence-electron chi connectivity index (χ2n) is 3.35. The van der Waals surface area contributed by atoms with Crippen molar-refractivity contribution >= 4 is 0 Å². The molecule has 14 heavy (non-hydrogen) atoms. The molecule has 76 valence electrons. The summed E-state index contributed by atoms with van der Waals surface area (Å²) in [6, 6.07) is 0. The van der Waals surface area contributed by atoms with Crippen molar-refractivity contribution < 1.29 is 0 Å². The van der Waals surface area contributed by atoms with Gasteiger partial charge in [0, 0.05) is 12.7 Å². The van der Waals surface area contributed by atoms with Crippen molar-refractivity contribution in [2.45, 2.75) is 20.8 Å². The van der Waals surface area contributed by atoms with E-state index in [1.54, 1.807) is 0 Å². The molecule has 0 atom stereocenters. The molecule has 0 aromatic carbocycles. The molecule has 0 bridgehead atoms. The average Bonchev–Trinajstić information content (AvgIpc) is 2.22. The van der Waals surface area contributed by atoms with Gasteiger partial charge in [-0.2, -0.15) is 0 Å². The minimum Gasteiger partial charge on any atom is -0.351 e. The fourth-order valence-corrected chi connectivity index (χ4v) is 1.25. The zero-order chi connectivity index (χ0) is 11.0. The molecule has 0 amide bonds. The molecule has 1 heteroatoms. The van der Waals surface area contributed by atoms with Crippen LogP contribution in [0.25, 0.3) is 0 Å². The summed E-state index contributed by atoms with van der Waals surface area (Å²) in [5, 5.41) is 0. The van der Waals surface area contributed by atoms with Crippen LogP contribution in [-0.2, 0) is 0 Å². The van der Waals surface area contributed by atoms with Crippen LogP contribution in [0.4, 0.5) is 0 Å². The number of rotatable bonds is 2. The van der Waals surface area contributed by atoms with Gasteiger partial charge in [-0.05, 0) is 30.7 Å². The third kappa shape index (κ3) is 4.00. The molecular formula is C13H19N. The summed E-state index contributed by atoms with van der Waals surface area (Å²) in [5.74, 6) is 0.647. The number of hydrogen-bond donors (Lipinski definition) is 0. The molecule has 0 saturated heterocycles. The normalized spacial score (nSPS) is 15.3. The quantitative estimate of drug-likeness (QED) is 0.603. The van der Waals surface area contributed by atoms with E-state index in [0.717, 1.165) is 6.54 Å². The Balaban J connectivity index is 0.000000791. The van der Waals surface area contributed by atoms with Crippen molar-refractivity contribution in [3.05, 3.63) is 36.2 Å². The molecular weight excluding hydrogens is 170 g/mol.